The van der Waals surface area contributed by atoms with Crippen molar-refractivity contribution in [1.82, 2.24) is 29.9 Å². The van der Waals surface area contributed by atoms with Crippen molar-refractivity contribution in [2.75, 3.05) is 0 Å². The Balaban J connectivity index is 1.73. The van der Waals surface area contributed by atoms with Crippen molar-refractivity contribution in [3.63, 3.8) is 0 Å². The number of nitrogens with one attached hydrogen (secondary N) is 1. The van der Waals surface area contributed by atoms with Gasteiger partial charge in [-0.25, -0.2) is 9.67 Å². The number of carbonyl (C=O) groups excluding carboxylic acids is 1. The third kappa shape index (κ3) is 2.83. The molecule has 0 aliphatic carbocycles. The summed E-state index contributed by atoms with van der Waals surface area (Å²) in [4.78, 5) is 16.4. The molecule has 0 fully saturated rings. The fraction of sp³-hybridized carbons (Fsp3) is 0.333. The Labute approximate surface area is 128 Å². The SMILES string of the molecule is CCC(Cn1ccnc1)NC(=O)c1ccc2c(c1)nnn2C. The van der Waals surface area contributed by atoms with E-state index in [4.69, 9.17) is 0 Å². The monoisotopic (exact) mass is 298 g/mol. The summed E-state index contributed by atoms with van der Waals surface area (Å²) in [5.74, 6) is -0.0977. The van der Waals surface area contributed by atoms with Gasteiger partial charge < -0.3 is 9.88 Å². The van der Waals surface area contributed by atoms with Crippen LogP contribution in [0, 0.1) is 0 Å². The highest BCUT2D eigenvalue weighted by atomic mass is 16.1. The quantitative estimate of drug-likeness (QED) is 0.772. The Morgan fingerprint density at radius 1 is 1.41 bits per heavy atom. The van der Waals surface area contributed by atoms with Gasteiger partial charge in [0.2, 0.25) is 0 Å². The average Bonchev–Trinajstić information content (AvgIpc) is 3.16. The van der Waals surface area contributed by atoms with Crippen LogP contribution in [-0.2, 0) is 13.6 Å². The van der Waals surface area contributed by atoms with E-state index in [9.17, 15) is 4.79 Å². The predicted octanol–water partition coefficient (Wildman–Crippen LogP) is 1.37. The molecule has 0 saturated carbocycles. The van der Waals surface area contributed by atoms with E-state index in [1.165, 1.54) is 0 Å². The first-order valence-electron chi connectivity index (χ1n) is 7.23. The lowest BCUT2D eigenvalue weighted by Gasteiger charge is -2.17. The largest absolute Gasteiger partial charge is 0.348 e. The lowest BCUT2D eigenvalue weighted by atomic mass is 10.1. The second-order valence-corrected chi connectivity index (χ2v) is 5.25. The Morgan fingerprint density at radius 2 is 2.27 bits per heavy atom. The van der Waals surface area contributed by atoms with Gasteiger partial charge in [0.05, 0.1) is 11.8 Å². The molecule has 114 valence electrons. The fourth-order valence-electron chi connectivity index (χ4n) is 2.38. The van der Waals surface area contributed by atoms with E-state index in [-0.39, 0.29) is 11.9 Å². The molecular formula is C15H18N6O. The maximum Gasteiger partial charge on any atom is 0.251 e. The van der Waals surface area contributed by atoms with Crippen molar-refractivity contribution in [3.05, 3.63) is 42.5 Å². The van der Waals surface area contributed by atoms with Crippen LogP contribution in [-0.4, -0.2) is 36.5 Å². The van der Waals surface area contributed by atoms with E-state index < -0.39 is 0 Å². The van der Waals surface area contributed by atoms with Gasteiger partial charge in [-0.05, 0) is 24.6 Å². The minimum Gasteiger partial charge on any atom is -0.348 e. The highest BCUT2D eigenvalue weighted by Gasteiger charge is 2.14. The summed E-state index contributed by atoms with van der Waals surface area (Å²) in [6.45, 7) is 2.75. The third-order valence-electron chi connectivity index (χ3n) is 3.69. The summed E-state index contributed by atoms with van der Waals surface area (Å²) in [7, 11) is 1.83. The molecule has 1 amide bonds. The van der Waals surface area contributed by atoms with Gasteiger partial charge in [0.1, 0.15) is 5.52 Å². The number of carbonyl (C=O) groups is 1. The van der Waals surface area contributed by atoms with E-state index in [0.717, 1.165) is 17.5 Å². The van der Waals surface area contributed by atoms with E-state index in [1.54, 1.807) is 29.3 Å². The van der Waals surface area contributed by atoms with Crippen molar-refractivity contribution in [1.29, 1.82) is 0 Å². The molecule has 2 heterocycles. The molecule has 7 heteroatoms. The summed E-state index contributed by atoms with van der Waals surface area (Å²) >= 11 is 0. The van der Waals surface area contributed by atoms with Crippen LogP contribution in [0.4, 0.5) is 0 Å². The lowest BCUT2D eigenvalue weighted by molar-refractivity contribution is 0.0932. The van der Waals surface area contributed by atoms with Crippen molar-refractivity contribution in [2.45, 2.75) is 25.9 Å². The zero-order valence-corrected chi connectivity index (χ0v) is 12.6. The van der Waals surface area contributed by atoms with Gasteiger partial charge in [-0.1, -0.05) is 12.1 Å². The van der Waals surface area contributed by atoms with Crippen molar-refractivity contribution < 1.29 is 4.79 Å². The molecule has 1 unspecified atom stereocenters. The first-order valence-corrected chi connectivity index (χ1v) is 7.23. The molecular weight excluding hydrogens is 280 g/mol. The van der Waals surface area contributed by atoms with Crippen molar-refractivity contribution >= 4 is 16.9 Å². The molecule has 3 rings (SSSR count). The van der Waals surface area contributed by atoms with Gasteiger partial charge in [0, 0.05) is 37.6 Å². The molecule has 0 aliphatic heterocycles. The molecule has 0 spiro atoms. The van der Waals surface area contributed by atoms with Crippen LogP contribution < -0.4 is 5.32 Å². The molecule has 0 bridgehead atoms. The fourth-order valence-corrected chi connectivity index (χ4v) is 2.38. The Bertz CT molecular complexity index is 777. The molecule has 22 heavy (non-hydrogen) atoms. The molecule has 7 nitrogen and oxygen atoms in total. The van der Waals surface area contributed by atoms with Crippen LogP contribution in [0.5, 0.6) is 0 Å². The van der Waals surface area contributed by atoms with Crippen LogP contribution in [0.1, 0.15) is 23.7 Å². The summed E-state index contributed by atoms with van der Waals surface area (Å²) < 4.78 is 3.64. The molecule has 1 atom stereocenters. The number of amides is 1. The molecule has 0 radical (unpaired) electrons. The summed E-state index contributed by atoms with van der Waals surface area (Å²) in [5.41, 5.74) is 2.22. The zero-order chi connectivity index (χ0) is 15.5. The lowest BCUT2D eigenvalue weighted by Crippen LogP contribution is -2.37. The zero-order valence-electron chi connectivity index (χ0n) is 12.6. The molecule has 1 aromatic carbocycles. The Kier molecular flexibility index (Phi) is 3.86. The number of aryl methyl sites for hydroxylation is 1. The number of benzene rings is 1. The van der Waals surface area contributed by atoms with Gasteiger partial charge in [-0.15, -0.1) is 5.10 Å². The minimum atomic E-state index is -0.0977. The van der Waals surface area contributed by atoms with Crippen LogP contribution in [0.2, 0.25) is 0 Å². The first-order chi connectivity index (χ1) is 10.7. The van der Waals surface area contributed by atoms with Crippen LogP contribution >= 0.6 is 0 Å². The van der Waals surface area contributed by atoms with Gasteiger partial charge in [0.15, 0.2) is 0 Å². The van der Waals surface area contributed by atoms with Gasteiger partial charge in [-0.3, -0.25) is 4.79 Å². The van der Waals surface area contributed by atoms with Crippen LogP contribution in [0.25, 0.3) is 11.0 Å². The normalized spacial score (nSPS) is 12.5. The first kappa shape index (κ1) is 14.2. The topological polar surface area (TPSA) is 77.6 Å². The molecule has 1 N–H and O–H groups in total. The summed E-state index contributed by atoms with van der Waals surface area (Å²) in [6.07, 6.45) is 6.22. The van der Waals surface area contributed by atoms with Gasteiger partial charge in [-0.2, -0.15) is 0 Å². The standard InChI is InChI=1S/C15H18N6O/c1-3-12(9-21-7-6-16-10-21)17-15(22)11-4-5-14-13(8-11)18-19-20(14)2/h4-8,10,12H,3,9H2,1-2H3,(H,17,22). The predicted molar refractivity (Wildman–Crippen MR) is 82.3 cm³/mol. The second-order valence-electron chi connectivity index (χ2n) is 5.25. The Hall–Kier alpha value is -2.70. The van der Waals surface area contributed by atoms with Crippen LogP contribution in [0.3, 0.4) is 0 Å². The molecule has 2 aromatic heterocycles. The maximum absolute atomic E-state index is 12.4. The number of aromatic nitrogens is 5. The van der Waals surface area contributed by atoms with E-state index in [2.05, 4.69) is 20.6 Å². The highest BCUT2D eigenvalue weighted by molar-refractivity contribution is 5.97. The second kappa shape index (κ2) is 5.97. The number of imidazole rings is 1. The molecule has 3 aromatic rings. The van der Waals surface area contributed by atoms with Crippen molar-refractivity contribution in [3.8, 4) is 0 Å². The molecule has 0 aliphatic rings. The average molecular weight is 298 g/mol. The van der Waals surface area contributed by atoms with Gasteiger partial charge in [0.25, 0.3) is 5.91 Å². The van der Waals surface area contributed by atoms with Crippen molar-refractivity contribution in [2.24, 2.45) is 7.05 Å². The number of hydrogen-bond acceptors (Lipinski definition) is 4. The Morgan fingerprint density at radius 3 is 3.00 bits per heavy atom. The van der Waals surface area contributed by atoms with E-state index in [0.29, 0.717) is 12.1 Å². The van der Waals surface area contributed by atoms with E-state index >= 15 is 0 Å². The molecule has 0 saturated heterocycles. The number of rotatable bonds is 5. The minimum absolute atomic E-state index is 0.0549. The van der Waals surface area contributed by atoms with Crippen LogP contribution in [0.15, 0.2) is 36.9 Å². The number of fused-ring (bicyclic) bond motifs is 1. The maximum atomic E-state index is 12.4. The number of hydrogen-bond donors (Lipinski definition) is 1. The summed E-state index contributed by atoms with van der Waals surface area (Å²) in [6, 6.07) is 5.48. The summed E-state index contributed by atoms with van der Waals surface area (Å²) in [5, 5.41) is 11.0. The van der Waals surface area contributed by atoms with Gasteiger partial charge >= 0.3 is 0 Å². The third-order valence-corrected chi connectivity index (χ3v) is 3.69. The highest BCUT2D eigenvalue weighted by Crippen LogP contribution is 2.13. The smallest absolute Gasteiger partial charge is 0.251 e. The van der Waals surface area contributed by atoms with E-state index in [1.807, 2.05) is 30.8 Å². The number of nitrogens with zero attached hydrogens (tertiary/aromatic N) is 5.